The van der Waals surface area contributed by atoms with Crippen molar-refractivity contribution in [1.82, 2.24) is 9.78 Å². The lowest BCUT2D eigenvalue weighted by Crippen LogP contribution is -2.32. The second-order valence-electron chi connectivity index (χ2n) is 10.4. The SMILES string of the molecule is N#Cc1nn(-c2c(Cl)cc(C(F)(F)F)cc2Cl)c(NC(=O)OCC(COC(=O)Cc2ccccc2)OC(=O)Cc2ccccc2)c1S(=O)C(F)(F)F. The quantitative estimate of drug-likeness (QED) is 0.0894. The lowest BCUT2D eigenvalue weighted by Gasteiger charge is -2.19. The largest absolute Gasteiger partial charge is 0.476 e. The van der Waals surface area contributed by atoms with Crippen molar-refractivity contribution in [3.8, 4) is 11.8 Å². The molecule has 3 aromatic carbocycles. The Labute approximate surface area is 302 Å². The number of nitrogens with zero attached hydrogens (tertiary/aromatic N) is 3. The molecule has 0 radical (unpaired) electrons. The Morgan fingerprint density at radius 3 is 1.88 bits per heavy atom. The summed E-state index contributed by atoms with van der Waals surface area (Å²) in [5.74, 6) is -2.75. The van der Waals surface area contributed by atoms with Crippen LogP contribution in [0, 0.1) is 11.3 Å². The fourth-order valence-electron chi connectivity index (χ4n) is 4.38. The van der Waals surface area contributed by atoms with Crippen LogP contribution >= 0.6 is 23.2 Å². The molecular formula is C32H22Cl2F6N4O7S. The topological polar surface area (TPSA) is 150 Å². The molecule has 4 aromatic rings. The first-order valence-corrected chi connectivity index (χ1v) is 16.3. The van der Waals surface area contributed by atoms with Crippen molar-refractivity contribution in [2.75, 3.05) is 18.5 Å². The zero-order valence-corrected chi connectivity index (χ0v) is 28.3. The molecule has 0 saturated carbocycles. The van der Waals surface area contributed by atoms with Crippen LogP contribution in [0.2, 0.25) is 10.0 Å². The van der Waals surface area contributed by atoms with E-state index in [0.717, 1.165) is 0 Å². The van der Waals surface area contributed by atoms with Crippen LogP contribution in [0.15, 0.2) is 77.7 Å². The van der Waals surface area contributed by atoms with Crippen LogP contribution in [0.5, 0.6) is 0 Å². The maximum absolute atomic E-state index is 13.7. The number of benzene rings is 3. The zero-order chi connectivity index (χ0) is 38.2. The highest BCUT2D eigenvalue weighted by atomic mass is 35.5. The number of carbonyl (C=O) groups is 3. The number of alkyl halides is 6. The Bertz CT molecular complexity index is 1980. The molecule has 20 heteroatoms. The van der Waals surface area contributed by atoms with Gasteiger partial charge in [-0.05, 0) is 23.3 Å². The van der Waals surface area contributed by atoms with Crippen LogP contribution in [-0.2, 0) is 53.6 Å². The summed E-state index contributed by atoms with van der Waals surface area (Å²) in [6.07, 6.45) is -8.47. The number of amides is 1. The molecule has 0 spiro atoms. The maximum Gasteiger partial charge on any atom is 0.476 e. The Balaban J connectivity index is 1.62. The molecule has 2 atom stereocenters. The van der Waals surface area contributed by atoms with Crippen molar-refractivity contribution in [2.24, 2.45) is 0 Å². The third-order valence-electron chi connectivity index (χ3n) is 6.63. The summed E-state index contributed by atoms with van der Waals surface area (Å²) in [6.45, 7) is -1.51. The van der Waals surface area contributed by atoms with Crippen molar-refractivity contribution >= 4 is 57.9 Å². The van der Waals surface area contributed by atoms with Gasteiger partial charge in [-0.2, -0.15) is 36.7 Å². The Kier molecular flexibility index (Phi) is 12.9. The standard InChI is InChI=1S/C32H22Cl2F6N4O7S/c33-22-13-20(31(35,36)37)14-23(34)27(22)44-29(28(24(15-41)43-44)52(48)32(38,39)40)42-30(47)50-17-21(51-26(46)12-19-9-5-2-6-10-19)16-49-25(45)11-18-7-3-1-4-8-18/h1-10,13-14,21H,11-12,16-17H2,(H,42,47). The lowest BCUT2D eigenvalue weighted by atomic mass is 10.1. The number of hydrogen-bond acceptors (Lipinski definition) is 9. The van der Waals surface area contributed by atoms with E-state index in [2.05, 4.69) is 5.10 Å². The number of rotatable bonds is 12. The predicted octanol–water partition coefficient (Wildman–Crippen LogP) is 7.19. The van der Waals surface area contributed by atoms with E-state index < -0.39 is 97.5 Å². The number of aromatic nitrogens is 2. The highest BCUT2D eigenvalue weighted by Crippen LogP contribution is 2.41. The van der Waals surface area contributed by atoms with E-state index in [9.17, 15) is 50.2 Å². The van der Waals surface area contributed by atoms with Crippen LogP contribution in [0.25, 0.3) is 5.69 Å². The summed E-state index contributed by atoms with van der Waals surface area (Å²) in [4.78, 5) is 36.8. The highest BCUT2D eigenvalue weighted by Gasteiger charge is 2.44. The Hall–Kier alpha value is -5.12. The Morgan fingerprint density at radius 1 is 0.865 bits per heavy atom. The number of esters is 2. The molecule has 0 fully saturated rings. The van der Waals surface area contributed by atoms with Gasteiger partial charge in [-0.25, -0.2) is 13.7 Å². The normalized spacial score (nSPS) is 12.7. The average molecular weight is 792 g/mol. The van der Waals surface area contributed by atoms with Gasteiger partial charge in [0.15, 0.2) is 28.4 Å². The molecule has 0 saturated heterocycles. The molecule has 274 valence electrons. The van der Waals surface area contributed by atoms with E-state index in [-0.39, 0.29) is 17.5 Å². The summed E-state index contributed by atoms with van der Waals surface area (Å²) in [7, 11) is -4.06. The van der Waals surface area contributed by atoms with Gasteiger partial charge < -0.3 is 14.2 Å². The van der Waals surface area contributed by atoms with E-state index in [0.29, 0.717) is 23.3 Å². The summed E-state index contributed by atoms with van der Waals surface area (Å²) in [6, 6.07) is 18.6. The fraction of sp³-hybridized carbons (Fsp3) is 0.219. The number of nitrogens with one attached hydrogen (secondary N) is 1. The number of nitriles is 1. The average Bonchev–Trinajstić information content (AvgIpc) is 3.42. The highest BCUT2D eigenvalue weighted by molar-refractivity contribution is 7.86. The molecule has 52 heavy (non-hydrogen) atoms. The molecule has 1 amide bonds. The van der Waals surface area contributed by atoms with E-state index in [1.54, 1.807) is 60.7 Å². The number of hydrogen-bond donors (Lipinski definition) is 1. The van der Waals surface area contributed by atoms with Crippen molar-refractivity contribution in [1.29, 1.82) is 5.26 Å². The van der Waals surface area contributed by atoms with E-state index >= 15 is 0 Å². The van der Waals surface area contributed by atoms with Crippen LogP contribution < -0.4 is 5.32 Å². The summed E-state index contributed by atoms with van der Waals surface area (Å²) >= 11 is 12.0. The third-order valence-corrected chi connectivity index (χ3v) is 8.39. The van der Waals surface area contributed by atoms with Crippen molar-refractivity contribution < 1.29 is 59.1 Å². The molecule has 1 heterocycles. The number of ether oxygens (including phenoxy) is 3. The first kappa shape index (κ1) is 39.7. The summed E-state index contributed by atoms with van der Waals surface area (Å²) in [5.41, 5.74) is -7.66. The minimum Gasteiger partial charge on any atom is -0.461 e. The molecule has 0 bridgehead atoms. The third kappa shape index (κ3) is 10.5. The van der Waals surface area contributed by atoms with Gasteiger partial charge in [-0.3, -0.25) is 14.9 Å². The smallest absolute Gasteiger partial charge is 0.461 e. The number of anilines is 1. The second kappa shape index (κ2) is 16.9. The molecule has 0 aliphatic rings. The van der Waals surface area contributed by atoms with Crippen LogP contribution in [-0.4, -0.2) is 56.8 Å². The van der Waals surface area contributed by atoms with Crippen LogP contribution in [0.4, 0.5) is 37.0 Å². The van der Waals surface area contributed by atoms with Crippen LogP contribution in [0.3, 0.4) is 0 Å². The molecule has 4 rings (SSSR count). The first-order valence-electron chi connectivity index (χ1n) is 14.4. The van der Waals surface area contributed by atoms with Crippen molar-refractivity contribution in [3.05, 3.63) is 105 Å². The van der Waals surface area contributed by atoms with Crippen molar-refractivity contribution in [2.45, 2.75) is 35.5 Å². The molecule has 0 aliphatic heterocycles. The minimum absolute atomic E-state index is 0.174. The Morgan fingerprint density at radius 2 is 1.38 bits per heavy atom. The zero-order valence-electron chi connectivity index (χ0n) is 26.0. The molecular weight excluding hydrogens is 769 g/mol. The molecule has 0 aliphatic carbocycles. The minimum atomic E-state index is -5.53. The van der Waals surface area contributed by atoms with E-state index in [4.69, 9.17) is 37.4 Å². The van der Waals surface area contributed by atoms with Gasteiger partial charge in [0, 0.05) is 0 Å². The second-order valence-corrected chi connectivity index (χ2v) is 12.6. The summed E-state index contributed by atoms with van der Waals surface area (Å²) < 4.78 is 110. The van der Waals surface area contributed by atoms with Gasteiger partial charge in [-0.1, -0.05) is 83.9 Å². The van der Waals surface area contributed by atoms with E-state index in [1.165, 1.54) is 6.07 Å². The first-order chi connectivity index (χ1) is 24.5. The van der Waals surface area contributed by atoms with Gasteiger partial charge >= 0.3 is 29.7 Å². The van der Waals surface area contributed by atoms with E-state index in [1.807, 2.05) is 5.32 Å². The summed E-state index contributed by atoms with van der Waals surface area (Å²) in [5, 5.41) is 13.3. The number of carbonyl (C=O) groups excluding carboxylic acids is 3. The number of halogens is 8. The molecule has 2 unspecified atom stereocenters. The predicted molar refractivity (Wildman–Crippen MR) is 172 cm³/mol. The lowest BCUT2D eigenvalue weighted by molar-refractivity contribution is -0.160. The van der Waals surface area contributed by atoms with Crippen molar-refractivity contribution in [3.63, 3.8) is 0 Å². The van der Waals surface area contributed by atoms with Crippen LogP contribution in [0.1, 0.15) is 22.4 Å². The molecule has 11 nitrogen and oxygen atoms in total. The van der Waals surface area contributed by atoms with Gasteiger partial charge in [0.05, 0.1) is 28.5 Å². The molecule has 1 aromatic heterocycles. The molecule has 1 N–H and O–H groups in total. The fourth-order valence-corrected chi connectivity index (χ4v) is 5.83. The monoisotopic (exact) mass is 790 g/mol. The van der Waals surface area contributed by atoms with Gasteiger partial charge in [0.25, 0.3) is 0 Å². The van der Waals surface area contributed by atoms with Gasteiger partial charge in [0.2, 0.25) is 0 Å². The maximum atomic E-state index is 13.7. The van der Waals surface area contributed by atoms with Gasteiger partial charge in [0.1, 0.15) is 29.9 Å². The van der Waals surface area contributed by atoms with Gasteiger partial charge in [-0.15, -0.1) is 0 Å².